The van der Waals surface area contributed by atoms with Gasteiger partial charge in [0, 0.05) is 5.57 Å². The summed E-state index contributed by atoms with van der Waals surface area (Å²) < 4.78 is 22.5. The van der Waals surface area contributed by atoms with E-state index in [0.29, 0.717) is 29.4 Å². The van der Waals surface area contributed by atoms with Gasteiger partial charge < -0.3 is 24.7 Å². The number of methoxy groups -OCH3 is 2. The van der Waals surface area contributed by atoms with Gasteiger partial charge in [-0.1, -0.05) is 18.2 Å². The molecule has 0 fully saturated rings. The SMILES string of the molecule is COc1ccc(C2C(C#N)=C(N)OC3=C2COc2ccccc23)cc1OC. The van der Waals surface area contributed by atoms with E-state index in [2.05, 4.69) is 6.07 Å². The lowest BCUT2D eigenvalue weighted by atomic mass is 9.81. The highest BCUT2D eigenvalue weighted by Crippen LogP contribution is 2.47. The van der Waals surface area contributed by atoms with E-state index < -0.39 is 0 Å². The number of para-hydroxylation sites is 1. The Kier molecular flexibility index (Phi) is 4.13. The Labute approximate surface area is 157 Å². The lowest BCUT2D eigenvalue weighted by Crippen LogP contribution is -2.26. The fraction of sp³-hybridized carbons (Fsp3) is 0.190. The van der Waals surface area contributed by atoms with Crippen LogP contribution in [0, 0.1) is 11.3 Å². The molecule has 0 spiro atoms. The molecule has 2 N–H and O–H groups in total. The van der Waals surface area contributed by atoms with E-state index in [9.17, 15) is 5.26 Å². The Morgan fingerprint density at radius 2 is 1.89 bits per heavy atom. The van der Waals surface area contributed by atoms with Crippen LogP contribution in [0.5, 0.6) is 17.2 Å². The monoisotopic (exact) mass is 362 g/mol. The van der Waals surface area contributed by atoms with Gasteiger partial charge in [0.25, 0.3) is 0 Å². The highest BCUT2D eigenvalue weighted by molar-refractivity contribution is 5.75. The van der Waals surface area contributed by atoms with Crippen LogP contribution < -0.4 is 19.9 Å². The molecule has 2 heterocycles. The zero-order chi connectivity index (χ0) is 19.0. The number of nitriles is 1. The maximum atomic E-state index is 9.72. The summed E-state index contributed by atoms with van der Waals surface area (Å²) in [6.45, 7) is 0.309. The minimum Gasteiger partial charge on any atom is -0.493 e. The number of ether oxygens (including phenoxy) is 4. The second kappa shape index (κ2) is 6.61. The third kappa shape index (κ3) is 2.64. The molecule has 0 aliphatic carbocycles. The number of allylic oxidation sites excluding steroid dienone is 1. The van der Waals surface area contributed by atoms with Crippen molar-refractivity contribution in [2.45, 2.75) is 5.92 Å². The summed E-state index contributed by atoms with van der Waals surface area (Å²) in [4.78, 5) is 0. The second-order valence-electron chi connectivity index (χ2n) is 6.18. The molecule has 27 heavy (non-hydrogen) atoms. The van der Waals surface area contributed by atoms with Crippen molar-refractivity contribution in [3.63, 3.8) is 0 Å². The van der Waals surface area contributed by atoms with Gasteiger partial charge in [-0.15, -0.1) is 0 Å². The first-order valence-electron chi connectivity index (χ1n) is 8.42. The standard InChI is InChI=1S/C21H18N2O4/c1-24-17-8-7-12(9-18(17)25-2)19-14(10-22)21(23)27-20-13-5-3-4-6-16(13)26-11-15(19)20/h3-9,19H,11,23H2,1-2H3. The van der Waals surface area contributed by atoms with Crippen molar-refractivity contribution in [1.82, 2.24) is 0 Å². The number of fused-ring (bicyclic) bond motifs is 2. The molecule has 0 amide bonds. The molecule has 6 nitrogen and oxygen atoms in total. The van der Waals surface area contributed by atoms with Gasteiger partial charge in [0.05, 0.1) is 25.7 Å². The topological polar surface area (TPSA) is 86.7 Å². The number of nitrogens with two attached hydrogens (primary N) is 1. The number of benzene rings is 2. The summed E-state index contributed by atoms with van der Waals surface area (Å²) in [6, 6.07) is 15.4. The van der Waals surface area contributed by atoms with Crippen molar-refractivity contribution in [3.05, 3.63) is 70.6 Å². The van der Waals surface area contributed by atoms with Crippen molar-refractivity contribution < 1.29 is 18.9 Å². The van der Waals surface area contributed by atoms with Crippen molar-refractivity contribution >= 4 is 5.76 Å². The first-order chi connectivity index (χ1) is 13.2. The van der Waals surface area contributed by atoms with Crippen molar-refractivity contribution in [2.24, 2.45) is 5.73 Å². The lowest BCUT2D eigenvalue weighted by molar-refractivity contribution is 0.294. The van der Waals surface area contributed by atoms with Crippen molar-refractivity contribution in [1.29, 1.82) is 5.26 Å². The van der Waals surface area contributed by atoms with E-state index in [-0.39, 0.29) is 11.8 Å². The summed E-state index contributed by atoms with van der Waals surface area (Å²) in [5, 5.41) is 9.72. The molecule has 2 aliphatic rings. The van der Waals surface area contributed by atoms with Crippen LogP contribution in [0.1, 0.15) is 17.0 Å². The normalized spacial score (nSPS) is 17.9. The lowest BCUT2D eigenvalue weighted by Gasteiger charge is -2.33. The van der Waals surface area contributed by atoms with Crippen LogP contribution in [0.25, 0.3) is 5.76 Å². The van der Waals surface area contributed by atoms with Crippen LogP contribution in [0.2, 0.25) is 0 Å². The maximum Gasteiger partial charge on any atom is 0.205 e. The van der Waals surface area contributed by atoms with Crippen LogP contribution in [-0.4, -0.2) is 20.8 Å². The molecule has 0 bridgehead atoms. The highest BCUT2D eigenvalue weighted by Gasteiger charge is 2.37. The van der Waals surface area contributed by atoms with E-state index in [1.165, 1.54) is 0 Å². The van der Waals surface area contributed by atoms with Crippen LogP contribution in [0.4, 0.5) is 0 Å². The molecule has 1 unspecified atom stereocenters. The van der Waals surface area contributed by atoms with Gasteiger partial charge >= 0.3 is 0 Å². The Balaban J connectivity index is 1.90. The molecule has 136 valence electrons. The third-order valence-corrected chi connectivity index (χ3v) is 4.78. The van der Waals surface area contributed by atoms with Crippen LogP contribution in [0.3, 0.4) is 0 Å². The molecule has 4 rings (SSSR count). The van der Waals surface area contributed by atoms with E-state index in [0.717, 1.165) is 22.4 Å². The predicted octanol–water partition coefficient (Wildman–Crippen LogP) is 3.32. The first kappa shape index (κ1) is 16.9. The smallest absolute Gasteiger partial charge is 0.205 e. The molecular formula is C21H18N2O4. The molecule has 6 heteroatoms. The number of nitrogens with zero attached hydrogens (tertiary/aromatic N) is 1. The molecule has 2 aliphatic heterocycles. The number of rotatable bonds is 3. The summed E-state index contributed by atoms with van der Waals surface area (Å²) in [6.07, 6.45) is 0. The van der Waals surface area contributed by atoms with Gasteiger partial charge in [-0.2, -0.15) is 5.26 Å². The summed E-state index contributed by atoms with van der Waals surface area (Å²) in [5.41, 5.74) is 8.99. The Morgan fingerprint density at radius 3 is 2.63 bits per heavy atom. The summed E-state index contributed by atoms with van der Waals surface area (Å²) in [5.74, 6) is 2.29. The quantitative estimate of drug-likeness (QED) is 0.901. The highest BCUT2D eigenvalue weighted by atomic mass is 16.5. The molecule has 0 saturated carbocycles. The predicted molar refractivity (Wildman–Crippen MR) is 99.1 cm³/mol. The van der Waals surface area contributed by atoms with Gasteiger partial charge in [-0.3, -0.25) is 0 Å². The van der Waals surface area contributed by atoms with Gasteiger partial charge in [0.15, 0.2) is 11.5 Å². The van der Waals surface area contributed by atoms with Crippen molar-refractivity contribution in [3.8, 4) is 23.3 Å². The fourth-order valence-electron chi connectivity index (χ4n) is 3.51. The zero-order valence-corrected chi connectivity index (χ0v) is 15.0. The van der Waals surface area contributed by atoms with Crippen molar-refractivity contribution in [2.75, 3.05) is 20.8 Å². The Hall–Kier alpha value is -3.59. The zero-order valence-electron chi connectivity index (χ0n) is 15.0. The number of hydrogen-bond donors (Lipinski definition) is 1. The second-order valence-corrected chi connectivity index (χ2v) is 6.18. The molecule has 0 radical (unpaired) electrons. The average molecular weight is 362 g/mol. The minimum absolute atomic E-state index is 0.104. The Bertz CT molecular complexity index is 1020. The Morgan fingerprint density at radius 1 is 1.11 bits per heavy atom. The molecule has 2 aromatic carbocycles. The summed E-state index contributed by atoms with van der Waals surface area (Å²) in [7, 11) is 3.16. The van der Waals surface area contributed by atoms with Gasteiger partial charge in [-0.05, 0) is 29.8 Å². The fourth-order valence-corrected chi connectivity index (χ4v) is 3.51. The number of hydrogen-bond acceptors (Lipinski definition) is 6. The van der Waals surface area contributed by atoms with E-state index in [1.807, 2.05) is 42.5 Å². The van der Waals surface area contributed by atoms with E-state index in [4.69, 9.17) is 24.7 Å². The van der Waals surface area contributed by atoms with E-state index >= 15 is 0 Å². The molecule has 1 atom stereocenters. The van der Waals surface area contributed by atoms with Crippen LogP contribution >= 0.6 is 0 Å². The minimum atomic E-state index is -0.382. The largest absolute Gasteiger partial charge is 0.493 e. The van der Waals surface area contributed by atoms with Crippen LogP contribution in [-0.2, 0) is 4.74 Å². The molecular weight excluding hydrogens is 344 g/mol. The van der Waals surface area contributed by atoms with E-state index in [1.54, 1.807) is 14.2 Å². The molecule has 0 saturated heterocycles. The van der Waals surface area contributed by atoms with Gasteiger partial charge in [-0.25, -0.2) is 0 Å². The van der Waals surface area contributed by atoms with Crippen LogP contribution in [0.15, 0.2) is 59.5 Å². The van der Waals surface area contributed by atoms with Gasteiger partial charge in [0.2, 0.25) is 5.88 Å². The molecule has 0 aromatic heterocycles. The first-order valence-corrected chi connectivity index (χ1v) is 8.42. The third-order valence-electron chi connectivity index (χ3n) is 4.78. The van der Waals surface area contributed by atoms with Gasteiger partial charge in [0.1, 0.15) is 29.8 Å². The maximum absolute atomic E-state index is 9.72. The molecule has 2 aromatic rings. The average Bonchev–Trinajstić information content (AvgIpc) is 2.72. The summed E-state index contributed by atoms with van der Waals surface area (Å²) >= 11 is 0.